The lowest BCUT2D eigenvalue weighted by Gasteiger charge is -2.16. The van der Waals surface area contributed by atoms with Crippen LogP contribution < -0.4 is 5.32 Å². The Bertz CT molecular complexity index is 246. The Balaban J connectivity index is 2.30. The SMILES string of the molecule is CC(CCN(C)C)Nc1ccccn1. The zero-order valence-corrected chi connectivity index (χ0v) is 9.20. The van der Waals surface area contributed by atoms with Gasteiger partial charge in [0.1, 0.15) is 5.82 Å². The van der Waals surface area contributed by atoms with Gasteiger partial charge in [0, 0.05) is 12.2 Å². The Labute approximate surface area is 86.2 Å². The standard InChI is InChI=1S/C11H19N3/c1-10(7-9-14(2)3)13-11-6-4-5-8-12-11/h4-6,8,10H,7,9H2,1-3H3,(H,12,13). The average Bonchev–Trinajstić information content (AvgIpc) is 2.16. The van der Waals surface area contributed by atoms with Gasteiger partial charge in [0.15, 0.2) is 0 Å². The average molecular weight is 193 g/mol. The maximum absolute atomic E-state index is 4.22. The second-order valence-electron chi connectivity index (χ2n) is 3.85. The Hall–Kier alpha value is -1.09. The Morgan fingerprint density at radius 2 is 2.21 bits per heavy atom. The normalized spacial score (nSPS) is 12.9. The second-order valence-corrected chi connectivity index (χ2v) is 3.85. The van der Waals surface area contributed by atoms with E-state index in [9.17, 15) is 0 Å². The van der Waals surface area contributed by atoms with Crippen molar-refractivity contribution < 1.29 is 0 Å². The molecule has 0 aliphatic carbocycles. The minimum atomic E-state index is 0.465. The summed E-state index contributed by atoms with van der Waals surface area (Å²) in [6.07, 6.45) is 2.94. The smallest absolute Gasteiger partial charge is 0.126 e. The van der Waals surface area contributed by atoms with E-state index < -0.39 is 0 Å². The van der Waals surface area contributed by atoms with E-state index in [2.05, 4.69) is 36.2 Å². The van der Waals surface area contributed by atoms with Gasteiger partial charge in [-0.3, -0.25) is 0 Å². The molecule has 1 atom stereocenters. The first-order valence-electron chi connectivity index (χ1n) is 5.01. The summed E-state index contributed by atoms with van der Waals surface area (Å²) in [5.41, 5.74) is 0. The molecule has 0 radical (unpaired) electrons. The van der Waals surface area contributed by atoms with Crippen LogP contribution in [0, 0.1) is 0 Å². The fourth-order valence-electron chi connectivity index (χ4n) is 1.22. The molecule has 0 saturated carbocycles. The molecule has 14 heavy (non-hydrogen) atoms. The van der Waals surface area contributed by atoms with Crippen LogP contribution in [0.1, 0.15) is 13.3 Å². The number of anilines is 1. The summed E-state index contributed by atoms with van der Waals surface area (Å²) in [6, 6.07) is 6.38. The summed E-state index contributed by atoms with van der Waals surface area (Å²) < 4.78 is 0. The molecule has 1 aromatic heterocycles. The highest BCUT2D eigenvalue weighted by Gasteiger charge is 2.02. The first-order valence-corrected chi connectivity index (χ1v) is 5.01. The van der Waals surface area contributed by atoms with Crippen molar-refractivity contribution in [2.45, 2.75) is 19.4 Å². The van der Waals surface area contributed by atoms with Gasteiger partial charge in [0.05, 0.1) is 0 Å². The summed E-state index contributed by atoms with van der Waals surface area (Å²) in [4.78, 5) is 6.41. The van der Waals surface area contributed by atoms with Crippen molar-refractivity contribution in [1.82, 2.24) is 9.88 Å². The number of nitrogens with one attached hydrogen (secondary N) is 1. The van der Waals surface area contributed by atoms with Crippen LogP contribution in [0.15, 0.2) is 24.4 Å². The third kappa shape index (κ3) is 4.23. The summed E-state index contributed by atoms with van der Waals surface area (Å²) >= 11 is 0. The predicted octanol–water partition coefficient (Wildman–Crippen LogP) is 1.83. The Kier molecular flexibility index (Phi) is 4.40. The van der Waals surface area contributed by atoms with Gasteiger partial charge in [-0.1, -0.05) is 6.07 Å². The van der Waals surface area contributed by atoms with Crippen LogP contribution in [0.25, 0.3) is 0 Å². The van der Waals surface area contributed by atoms with E-state index in [0.29, 0.717) is 6.04 Å². The topological polar surface area (TPSA) is 28.2 Å². The molecule has 3 heteroatoms. The Morgan fingerprint density at radius 3 is 2.79 bits per heavy atom. The fraction of sp³-hybridized carbons (Fsp3) is 0.545. The molecule has 0 bridgehead atoms. The minimum absolute atomic E-state index is 0.465. The van der Waals surface area contributed by atoms with Gasteiger partial charge in [-0.25, -0.2) is 4.98 Å². The highest BCUT2D eigenvalue weighted by Crippen LogP contribution is 2.04. The van der Waals surface area contributed by atoms with Crippen LogP contribution in [-0.4, -0.2) is 36.6 Å². The van der Waals surface area contributed by atoms with Gasteiger partial charge in [0.25, 0.3) is 0 Å². The molecule has 1 rings (SSSR count). The van der Waals surface area contributed by atoms with E-state index in [1.807, 2.05) is 18.2 Å². The number of hydrogen-bond donors (Lipinski definition) is 1. The zero-order chi connectivity index (χ0) is 10.4. The number of nitrogens with zero attached hydrogens (tertiary/aromatic N) is 2. The lowest BCUT2D eigenvalue weighted by atomic mass is 10.2. The molecule has 78 valence electrons. The van der Waals surface area contributed by atoms with Gasteiger partial charge in [-0.15, -0.1) is 0 Å². The highest BCUT2D eigenvalue weighted by atomic mass is 15.1. The van der Waals surface area contributed by atoms with Crippen LogP contribution >= 0.6 is 0 Å². The van der Waals surface area contributed by atoms with Crippen molar-refractivity contribution in [2.75, 3.05) is 26.0 Å². The predicted molar refractivity (Wildman–Crippen MR) is 60.5 cm³/mol. The fourth-order valence-corrected chi connectivity index (χ4v) is 1.22. The second kappa shape index (κ2) is 5.60. The molecule has 1 heterocycles. The maximum atomic E-state index is 4.22. The summed E-state index contributed by atoms with van der Waals surface area (Å²) in [5, 5.41) is 3.36. The van der Waals surface area contributed by atoms with Crippen molar-refractivity contribution in [3.63, 3.8) is 0 Å². The van der Waals surface area contributed by atoms with Crippen LogP contribution in [0.5, 0.6) is 0 Å². The third-order valence-electron chi connectivity index (χ3n) is 2.07. The minimum Gasteiger partial charge on any atom is -0.368 e. The number of pyridine rings is 1. The van der Waals surface area contributed by atoms with Crippen molar-refractivity contribution in [3.8, 4) is 0 Å². The third-order valence-corrected chi connectivity index (χ3v) is 2.07. The van der Waals surface area contributed by atoms with Crippen LogP contribution in [0.2, 0.25) is 0 Å². The van der Waals surface area contributed by atoms with Crippen molar-refractivity contribution >= 4 is 5.82 Å². The Morgan fingerprint density at radius 1 is 1.43 bits per heavy atom. The van der Waals surface area contributed by atoms with Crippen molar-refractivity contribution in [1.29, 1.82) is 0 Å². The van der Waals surface area contributed by atoms with Gasteiger partial charge in [-0.05, 0) is 46.1 Å². The van der Waals surface area contributed by atoms with Crippen LogP contribution in [0.4, 0.5) is 5.82 Å². The maximum Gasteiger partial charge on any atom is 0.126 e. The quantitative estimate of drug-likeness (QED) is 0.773. The lowest BCUT2D eigenvalue weighted by Crippen LogP contribution is -2.23. The molecule has 1 N–H and O–H groups in total. The molecule has 0 aliphatic heterocycles. The van der Waals surface area contributed by atoms with Crippen molar-refractivity contribution in [2.24, 2.45) is 0 Å². The molecule has 0 saturated heterocycles. The number of rotatable bonds is 5. The molecule has 0 amide bonds. The van der Waals surface area contributed by atoms with E-state index in [1.165, 1.54) is 0 Å². The van der Waals surface area contributed by atoms with E-state index in [4.69, 9.17) is 0 Å². The lowest BCUT2D eigenvalue weighted by molar-refractivity contribution is 0.390. The van der Waals surface area contributed by atoms with E-state index in [1.54, 1.807) is 6.20 Å². The summed E-state index contributed by atoms with van der Waals surface area (Å²) in [7, 11) is 4.18. The molecule has 0 aromatic carbocycles. The molecule has 0 fully saturated rings. The summed E-state index contributed by atoms with van der Waals surface area (Å²) in [6.45, 7) is 3.28. The molecular formula is C11H19N3. The van der Waals surface area contributed by atoms with E-state index in [0.717, 1.165) is 18.8 Å². The number of hydrogen-bond acceptors (Lipinski definition) is 3. The number of aromatic nitrogens is 1. The van der Waals surface area contributed by atoms with Crippen LogP contribution in [-0.2, 0) is 0 Å². The molecular weight excluding hydrogens is 174 g/mol. The van der Waals surface area contributed by atoms with Gasteiger partial charge in [0.2, 0.25) is 0 Å². The molecule has 3 nitrogen and oxygen atoms in total. The highest BCUT2D eigenvalue weighted by molar-refractivity contribution is 5.34. The van der Waals surface area contributed by atoms with Gasteiger partial charge >= 0.3 is 0 Å². The van der Waals surface area contributed by atoms with E-state index >= 15 is 0 Å². The van der Waals surface area contributed by atoms with Crippen molar-refractivity contribution in [3.05, 3.63) is 24.4 Å². The molecule has 1 aromatic rings. The molecule has 0 aliphatic rings. The first kappa shape index (κ1) is 11.0. The zero-order valence-electron chi connectivity index (χ0n) is 9.20. The van der Waals surface area contributed by atoms with Gasteiger partial charge < -0.3 is 10.2 Å². The van der Waals surface area contributed by atoms with Gasteiger partial charge in [-0.2, -0.15) is 0 Å². The van der Waals surface area contributed by atoms with E-state index in [-0.39, 0.29) is 0 Å². The largest absolute Gasteiger partial charge is 0.368 e. The van der Waals surface area contributed by atoms with Crippen LogP contribution in [0.3, 0.4) is 0 Å². The molecule has 0 spiro atoms. The molecule has 1 unspecified atom stereocenters. The summed E-state index contributed by atoms with van der Waals surface area (Å²) in [5.74, 6) is 0.957. The monoisotopic (exact) mass is 193 g/mol. The first-order chi connectivity index (χ1) is 6.68.